The zero-order valence-corrected chi connectivity index (χ0v) is 9.35. The second kappa shape index (κ2) is 5.51. The standard InChI is InChI=1S/C11H8F3NO4/c12-11(13,14)8-5-4-7(2-1-3-10(16)17)9(6-8)15(18)19/h1-2,4-6H,3H2,(H,16,17). The Morgan fingerprint density at radius 1 is 1.42 bits per heavy atom. The molecular weight excluding hydrogens is 267 g/mol. The van der Waals surface area contributed by atoms with Crippen molar-refractivity contribution in [3.05, 3.63) is 45.5 Å². The number of carboxylic acid groups (broad SMARTS) is 1. The molecule has 5 nitrogen and oxygen atoms in total. The van der Waals surface area contributed by atoms with Gasteiger partial charge in [0.25, 0.3) is 5.69 Å². The molecule has 0 aliphatic rings. The second-order valence-electron chi connectivity index (χ2n) is 3.53. The van der Waals surface area contributed by atoms with Crippen LogP contribution in [0.3, 0.4) is 0 Å². The van der Waals surface area contributed by atoms with Gasteiger partial charge in [-0.15, -0.1) is 0 Å². The zero-order chi connectivity index (χ0) is 14.6. The van der Waals surface area contributed by atoms with Crippen LogP contribution in [0, 0.1) is 10.1 Å². The molecular formula is C11H8F3NO4. The summed E-state index contributed by atoms with van der Waals surface area (Å²) in [5.41, 5.74) is -1.94. The van der Waals surface area contributed by atoms with Crippen molar-refractivity contribution in [1.82, 2.24) is 0 Å². The van der Waals surface area contributed by atoms with Gasteiger partial charge < -0.3 is 5.11 Å². The van der Waals surface area contributed by atoms with Gasteiger partial charge in [0.15, 0.2) is 0 Å². The maximum absolute atomic E-state index is 12.4. The third-order valence-corrected chi connectivity index (χ3v) is 2.14. The lowest BCUT2D eigenvalue weighted by molar-refractivity contribution is -0.385. The molecule has 0 amide bonds. The summed E-state index contributed by atoms with van der Waals surface area (Å²) in [4.78, 5) is 20.0. The maximum atomic E-state index is 12.4. The van der Waals surface area contributed by atoms with Gasteiger partial charge in [0.1, 0.15) is 0 Å². The Morgan fingerprint density at radius 3 is 2.53 bits per heavy atom. The van der Waals surface area contributed by atoms with Crippen LogP contribution >= 0.6 is 0 Å². The lowest BCUT2D eigenvalue weighted by Gasteiger charge is -2.07. The number of nitro groups is 1. The van der Waals surface area contributed by atoms with Gasteiger partial charge in [0, 0.05) is 6.07 Å². The lowest BCUT2D eigenvalue weighted by Crippen LogP contribution is -2.06. The van der Waals surface area contributed by atoms with E-state index in [9.17, 15) is 28.1 Å². The van der Waals surface area contributed by atoms with Crippen molar-refractivity contribution in [2.24, 2.45) is 0 Å². The van der Waals surface area contributed by atoms with E-state index in [2.05, 4.69) is 0 Å². The van der Waals surface area contributed by atoms with Gasteiger partial charge in [0.2, 0.25) is 0 Å². The first-order chi connectivity index (χ1) is 8.71. The second-order valence-corrected chi connectivity index (χ2v) is 3.53. The molecule has 1 N–H and O–H groups in total. The van der Waals surface area contributed by atoms with E-state index in [-0.39, 0.29) is 12.0 Å². The third kappa shape index (κ3) is 4.09. The smallest absolute Gasteiger partial charge is 0.416 e. The van der Waals surface area contributed by atoms with Crippen LogP contribution in [0.2, 0.25) is 0 Å². The van der Waals surface area contributed by atoms with E-state index in [1.807, 2.05) is 0 Å². The van der Waals surface area contributed by atoms with Gasteiger partial charge in [-0.3, -0.25) is 14.9 Å². The molecule has 0 fully saturated rings. The van der Waals surface area contributed by atoms with Crippen LogP contribution in [0.1, 0.15) is 17.5 Å². The largest absolute Gasteiger partial charge is 0.481 e. The molecule has 0 atom stereocenters. The van der Waals surface area contributed by atoms with Gasteiger partial charge in [-0.2, -0.15) is 13.2 Å². The Hall–Kier alpha value is -2.38. The Morgan fingerprint density at radius 2 is 2.05 bits per heavy atom. The highest BCUT2D eigenvalue weighted by Crippen LogP contribution is 2.33. The van der Waals surface area contributed by atoms with E-state index in [4.69, 9.17) is 5.11 Å². The fraction of sp³-hybridized carbons (Fsp3) is 0.182. The number of halogens is 3. The van der Waals surface area contributed by atoms with Crippen LogP contribution in [0.4, 0.5) is 18.9 Å². The SMILES string of the molecule is O=C(O)CC=Cc1ccc(C(F)(F)F)cc1[N+](=O)[O-]. The number of hydrogen-bond acceptors (Lipinski definition) is 3. The average molecular weight is 275 g/mol. The van der Waals surface area contributed by atoms with Crippen molar-refractivity contribution < 1.29 is 28.0 Å². The van der Waals surface area contributed by atoms with E-state index < -0.39 is 28.3 Å². The summed E-state index contributed by atoms with van der Waals surface area (Å²) < 4.78 is 37.2. The van der Waals surface area contributed by atoms with Crippen molar-refractivity contribution in [2.45, 2.75) is 12.6 Å². The molecule has 0 spiro atoms. The number of carbonyl (C=O) groups is 1. The van der Waals surface area contributed by atoms with Crippen molar-refractivity contribution in [1.29, 1.82) is 0 Å². The van der Waals surface area contributed by atoms with Crippen LogP contribution in [-0.2, 0) is 11.0 Å². The summed E-state index contributed by atoms with van der Waals surface area (Å²) >= 11 is 0. The number of nitrogens with zero attached hydrogens (tertiary/aromatic N) is 1. The summed E-state index contributed by atoms with van der Waals surface area (Å²) in [6.07, 6.45) is -2.82. The predicted octanol–water partition coefficient (Wildman–Crippen LogP) is 3.10. The van der Waals surface area contributed by atoms with Gasteiger partial charge >= 0.3 is 12.1 Å². The van der Waals surface area contributed by atoms with Gasteiger partial charge in [0.05, 0.1) is 22.5 Å². The van der Waals surface area contributed by atoms with E-state index in [0.29, 0.717) is 12.1 Å². The van der Waals surface area contributed by atoms with E-state index in [1.54, 1.807) is 0 Å². The monoisotopic (exact) mass is 275 g/mol. The first-order valence-electron chi connectivity index (χ1n) is 4.96. The molecule has 1 aromatic carbocycles. The van der Waals surface area contributed by atoms with E-state index in [1.165, 1.54) is 0 Å². The zero-order valence-electron chi connectivity index (χ0n) is 9.35. The van der Waals surface area contributed by atoms with Crippen LogP contribution in [-0.4, -0.2) is 16.0 Å². The highest BCUT2D eigenvalue weighted by Gasteiger charge is 2.32. The van der Waals surface area contributed by atoms with Crippen LogP contribution < -0.4 is 0 Å². The van der Waals surface area contributed by atoms with E-state index >= 15 is 0 Å². The summed E-state index contributed by atoms with van der Waals surface area (Å²) in [7, 11) is 0. The molecule has 0 saturated heterocycles. The van der Waals surface area contributed by atoms with Gasteiger partial charge in [-0.05, 0) is 12.1 Å². The van der Waals surface area contributed by atoms with Crippen molar-refractivity contribution in [3.63, 3.8) is 0 Å². The quantitative estimate of drug-likeness (QED) is 0.676. The summed E-state index contributed by atoms with van der Waals surface area (Å²) in [6.45, 7) is 0. The average Bonchev–Trinajstić information content (AvgIpc) is 2.27. The van der Waals surface area contributed by atoms with Crippen molar-refractivity contribution >= 4 is 17.7 Å². The number of rotatable bonds is 4. The van der Waals surface area contributed by atoms with Crippen molar-refractivity contribution in [2.75, 3.05) is 0 Å². The molecule has 1 aromatic rings. The summed E-state index contributed by atoms with van der Waals surface area (Å²) in [5, 5.41) is 19.1. The minimum Gasteiger partial charge on any atom is -0.481 e. The number of aliphatic carboxylic acids is 1. The molecule has 1 rings (SSSR count). The van der Waals surface area contributed by atoms with Crippen LogP contribution in [0.25, 0.3) is 6.08 Å². The number of hydrogen-bond donors (Lipinski definition) is 1. The van der Waals surface area contributed by atoms with E-state index in [0.717, 1.165) is 18.2 Å². The lowest BCUT2D eigenvalue weighted by atomic mass is 10.1. The van der Waals surface area contributed by atoms with Gasteiger partial charge in [-0.25, -0.2) is 0 Å². The molecule has 0 heterocycles. The van der Waals surface area contributed by atoms with Gasteiger partial charge in [-0.1, -0.05) is 12.2 Å². The normalized spacial score (nSPS) is 11.7. The highest BCUT2D eigenvalue weighted by atomic mass is 19.4. The first-order valence-corrected chi connectivity index (χ1v) is 4.96. The molecule has 8 heteroatoms. The molecule has 0 aliphatic heterocycles. The third-order valence-electron chi connectivity index (χ3n) is 2.14. The number of carboxylic acids is 1. The fourth-order valence-electron chi connectivity index (χ4n) is 1.31. The topological polar surface area (TPSA) is 80.4 Å². The summed E-state index contributed by atoms with van der Waals surface area (Å²) in [5.74, 6) is -1.15. The predicted molar refractivity (Wildman–Crippen MR) is 59.4 cm³/mol. The molecule has 0 aliphatic carbocycles. The Labute approximate surface area is 105 Å². The van der Waals surface area contributed by atoms with Crippen LogP contribution in [0.15, 0.2) is 24.3 Å². The molecule has 0 radical (unpaired) electrons. The first kappa shape index (κ1) is 14.7. The fourth-order valence-corrected chi connectivity index (χ4v) is 1.31. The molecule has 102 valence electrons. The highest BCUT2D eigenvalue weighted by molar-refractivity contribution is 5.71. The molecule has 0 unspecified atom stereocenters. The molecule has 0 saturated carbocycles. The maximum Gasteiger partial charge on any atom is 0.416 e. The molecule has 19 heavy (non-hydrogen) atoms. The number of nitro benzene ring substituents is 1. The molecule has 0 bridgehead atoms. The Balaban J connectivity index is 3.16. The van der Waals surface area contributed by atoms with Crippen molar-refractivity contribution in [3.8, 4) is 0 Å². The number of alkyl halides is 3. The Kier molecular flexibility index (Phi) is 4.26. The Bertz CT molecular complexity index is 537. The summed E-state index contributed by atoms with van der Waals surface area (Å²) in [6, 6.07) is 2.05. The minimum absolute atomic E-state index is 0.0840. The number of benzene rings is 1. The van der Waals surface area contributed by atoms with Crippen LogP contribution in [0.5, 0.6) is 0 Å². The minimum atomic E-state index is -4.67. The molecule has 0 aromatic heterocycles.